The SMILES string of the molecule is CCC(C)C(NC(=O)C(CC(C)C)NC(=O)C(N)CCCCN)C(=O)NC(CC(C)C)C(=O)O. The molecule has 5 atom stereocenters. The highest BCUT2D eigenvalue weighted by molar-refractivity contribution is 5.94. The Bertz CT molecular complexity index is 656. The number of aliphatic carboxylic acids is 1. The van der Waals surface area contributed by atoms with Crippen LogP contribution in [0.25, 0.3) is 0 Å². The van der Waals surface area contributed by atoms with Crippen molar-refractivity contribution in [1.82, 2.24) is 16.0 Å². The lowest BCUT2D eigenvalue weighted by molar-refractivity contribution is -0.143. The largest absolute Gasteiger partial charge is 0.480 e. The van der Waals surface area contributed by atoms with Gasteiger partial charge in [-0.25, -0.2) is 4.79 Å². The van der Waals surface area contributed by atoms with Crippen LogP contribution in [0.1, 0.15) is 80.1 Å². The van der Waals surface area contributed by atoms with E-state index in [0.717, 1.165) is 6.42 Å². The molecule has 3 amide bonds. The zero-order valence-corrected chi connectivity index (χ0v) is 21.7. The topological polar surface area (TPSA) is 177 Å². The molecule has 0 aromatic rings. The monoisotopic (exact) mass is 485 g/mol. The summed E-state index contributed by atoms with van der Waals surface area (Å²) in [7, 11) is 0. The molecule has 0 aliphatic heterocycles. The van der Waals surface area contributed by atoms with Crippen LogP contribution in [0.15, 0.2) is 0 Å². The number of carbonyl (C=O) groups is 4. The van der Waals surface area contributed by atoms with Gasteiger partial charge in [-0.05, 0) is 50.0 Å². The Hall–Kier alpha value is -2.20. The molecule has 0 bridgehead atoms. The van der Waals surface area contributed by atoms with Gasteiger partial charge >= 0.3 is 5.97 Å². The third kappa shape index (κ3) is 12.3. The fourth-order valence-corrected chi connectivity index (χ4v) is 3.53. The summed E-state index contributed by atoms with van der Waals surface area (Å²) in [6.45, 7) is 11.8. The highest BCUT2D eigenvalue weighted by Crippen LogP contribution is 2.13. The number of hydrogen-bond donors (Lipinski definition) is 6. The number of hydrogen-bond acceptors (Lipinski definition) is 6. The highest BCUT2D eigenvalue weighted by Gasteiger charge is 2.33. The molecule has 34 heavy (non-hydrogen) atoms. The molecular weight excluding hydrogens is 438 g/mol. The first-order chi connectivity index (χ1) is 15.8. The van der Waals surface area contributed by atoms with E-state index in [1.165, 1.54) is 0 Å². The fraction of sp³-hybridized carbons (Fsp3) is 0.833. The first-order valence-corrected chi connectivity index (χ1v) is 12.4. The van der Waals surface area contributed by atoms with Crippen molar-refractivity contribution in [3.63, 3.8) is 0 Å². The van der Waals surface area contributed by atoms with Crippen LogP contribution in [0.3, 0.4) is 0 Å². The Kier molecular flexibility index (Phi) is 15.4. The van der Waals surface area contributed by atoms with Crippen molar-refractivity contribution >= 4 is 23.7 Å². The van der Waals surface area contributed by atoms with Crippen LogP contribution in [0.2, 0.25) is 0 Å². The number of carboxylic acid groups (broad SMARTS) is 1. The van der Waals surface area contributed by atoms with E-state index in [1.54, 1.807) is 0 Å². The Morgan fingerprint density at radius 3 is 1.79 bits per heavy atom. The molecule has 0 radical (unpaired) electrons. The zero-order valence-electron chi connectivity index (χ0n) is 21.7. The van der Waals surface area contributed by atoms with Crippen LogP contribution in [0.5, 0.6) is 0 Å². The highest BCUT2D eigenvalue weighted by atomic mass is 16.4. The fourth-order valence-electron chi connectivity index (χ4n) is 3.53. The molecule has 0 fully saturated rings. The summed E-state index contributed by atoms with van der Waals surface area (Å²) in [5, 5.41) is 17.5. The van der Waals surface area contributed by atoms with Crippen molar-refractivity contribution in [2.75, 3.05) is 6.54 Å². The Balaban J connectivity index is 5.47. The van der Waals surface area contributed by atoms with Gasteiger partial charge in [0, 0.05) is 0 Å². The second kappa shape index (κ2) is 16.4. The van der Waals surface area contributed by atoms with Gasteiger partial charge in [-0.1, -0.05) is 54.4 Å². The Labute approximate surface area is 204 Å². The third-order valence-electron chi connectivity index (χ3n) is 5.76. The number of carboxylic acids is 1. The molecule has 0 aliphatic rings. The van der Waals surface area contributed by atoms with Crippen molar-refractivity contribution in [2.24, 2.45) is 29.2 Å². The van der Waals surface area contributed by atoms with E-state index in [2.05, 4.69) is 16.0 Å². The smallest absolute Gasteiger partial charge is 0.326 e. The minimum Gasteiger partial charge on any atom is -0.480 e. The molecule has 0 aromatic carbocycles. The van der Waals surface area contributed by atoms with Gasteiger partial charge in [-0.2, -0.15) is 0 Å². The predicted molar refractivity (Wildman–Crippen MR) is 133 cm³/mol. The number of nitrogens with two attached hydrogens (primary N) is 2. The molecule has 198 valence electrons. The maximum atomic E-state index is 13.2. The maximum absolute atomic E-state index is 13.2. The number of unbranched alkanes of at least 4 members (excludes halogenated alkanes) is 1. The molecular formula is C24H47N5O5. The molecule has 10 nitrogen and oxygen atoms in total. The lowest BCUT2D eigenvalue weighted by atomic mass is 9.95. The van der Waals surface area contributed by atoms with Gasteiger partial charge < -0.3 is 32.5 Å². The van der Waals surface area contributed by atoms with E-state index in [9.17, 15) is 24.3 Å². The maximum Gasteiger partial charge on any atom is 0.326 e. The third-order valence-corrected chi connectivity index (χ3v) is 5.76. The summed E-state index contributed by atoms with van der Waals surface area (Å²) >= 11 is 0. The summed E-state index contributed by atoms with van der Waals surface area (Å²) in [5.74, 6) is -2.67. The van der Waals surface area contributed by atoms with Crippen LogP contribution in [-0.4, -0.2) is 59.5 Å². The van der Waals surface area contributed by atoms with Crippen LogP contribution < -0.4 is 27.4 Å². The zero-order chi connectivity index (χ0) is 26.4. The first kappa shape index (κ1) is 31.8. The van der Waals surface area contributed by atoms with Gasteiger partial charge in [-0.15, -0.1) is 0 Å². The van der Waals surface area contributed by atoms with Gasteiger partial charge in [0.1, 0.15) is 18.1 Å². The number of carbonyl (C=O) groups excluding carboxylic acids is 3. The van der Waals surface area contributed by atoms with E-state index >= 15 is 0 Å². The molecule has 0 aromatic heterocycles. The van der Waals surface area contributed by atoms with Gasteiger partial charge in [0.05, 0.1) is 6.04 Å². The number of rotatable bonds is 17. The standard InChI is InChI=1S/C24H47N5O5/c1-7-16(6)20(23(32)28-19(24(33)34)13-15(4)5)29-22(31)18(12-14(2)3)27-21(30)17(26)10-8-9-11-25/h14-20H,7-13,25-26H2,1-6H3,(H,27,30)(H,28,32)(H,29,31)(H,33,34). The van der Waals surface area contributed by atoms with E-state index < -0.39 is 47.9 Å². The van der Waals surface area contributed by atoms with E-state index in [4.69, 9.17) is 11.5 Å². The molecule has 0 spiro atoms. The van der Waals surface area contributed by atoms with Gasteiger partial charge in [0.25, 0.3) is 0 Å². The summed E-state index contributed by atoms with van der Waals surface area (Å²) in [4.78, 5) is 50.3. The second-order valence-corrected chi connectivity index (χ2v) is 9.98. The number of nitrogens with one attached hydrogen (secondary N) is 3. The van der Waals surface area contributed by atoms with E-state index in [0.29, 0.717) is 32.2 Å². The Morgan fingerprint density at radius 1 is 0.794 bits per heavy atom. The normalized spacial score (nSPS) is 15.8. The number of amides is 3. The van der Waals surface area contributed by atoms with Crippen LogP contribution in [-0.2, 0) is 19.2 Å². The van der Waals surface area contributed by atoms with Gasteiger partial charge in [-0.3, -0.25) is 14.4 Å². The predicted octanol–water partition coefficient (Wildman–Crippen LogP) is 1.12. The molecule has 0 rings (SSSR count). The van der Waals surface area contributed by atoms with Crippen molar-refractivity contribution in [3.8, 4) is 0 Å². The molecule has 0 heterocycles. The van der Waals surface area contributed by atoms with Gasteiger partial charge in [0.2, 0.25) is 17.7 Å². The summed E-state index contributed by atoms with van der Waals surface area (Å²) < 4.78 is 0. The first-order valence-electron chi connectivity index (χ1n) is 12.4. The minimum atomic E-state index is -1.12. The van der Waals surface area contributed by atoms with E-state index in [1.807, 2.05) is 41.5 Å². The van der Waals surface area contributed by atoms with E-state index in [-0.39, 0.29) is 24.2 Å². The summed E-state index contributed by atoms with van der Waals surface area (Å²) in [6, 6.07) is -3.60. The molecule has 0 saturated carbocycles. The molecule has 5 unspecified atom stereocenters. The Morgan fingerprint density at radius 2 is 1.32 bits per heavy atom. The van der Waals surface area contributed by atoms with Crippen LogP contribution in [0.4, 0.5) is 0 Å². The van der Waals surface area contributed by atoms with Crippen molar-refractivity contribution in [3.05, 3.63) is 0 Å². The molecule has 8 N–H and O–H groups in total. The van der Waals surface area contributed by atoms with Crippen molar-refractivity contribution in [2.45, 2.75) is 104 Å². The van der Waals surface area contributed by atoms with Crippen molar-refractivity contribution in [1.29, 1.82) is 0 Å². The second-order valence-electron chi connectivity index (χ2n) is 9.98. The van der Waals surface area contributed by atoms with Crippen molar-refractivity contribution < 1.29 is 24.3 Å². The summed E-state index contributed by atoms with van der Waals surface area (Å²) in [5.41, 5.74) is 11.5. The van der Waals surface area contributed by atoms with Crippen LogP contribution >= 0.6 is 0 Å². The lowest BCUT2D eigenvalue weighted by Crippen LogP contribution is -2.59. The molecule has 0 saturated heterocycles. The van der Waals surface area contributed by atoms with Crippen LogP contribution in [0, 0.1) is 17.8 Å². The minimum absolute atomic E-state index is 0.0673. The molecule has 0 aliphatic carbocycles. The van der Waals surface area contributed by atoms with Gasteiger partial charge in [0.15, 0.2) is 0 Å². The average Bonchev–Trinajstić information content (AvgIpc) is 2.74. The lowest BCUT2D eigenvalue weighted by Gasteiger charge is -2.29. The average molecular weight is 486 g/mol. The molecule has 10 heteroatoms. The summed E-state index contributed by atoms with van der Waals surface area (Å²) in [6.07, 6.45) is 3.17. The quantitative estimate of drug-likeness (QED) is 0.167.